The predicted molar refractivity (Wildman–Crippen MR) is 62.3 cm³/mol. The highest BCUT2D eigenvalue weighted by molar-refractivity contribution is 5.69. The summed E-state index contributed by atoms with van der Waals surface area (Å²) in [5.41, 5.74) is 0. The van der Waals surface area contributed by atoms with Gasteiger partial charge in [0.15, 0.2) is 0 Å². The van der Waals surface area contributed by atoms with E-state index >= 15 is 0 Å². The molecule has 0 saturated carbocycles. The summed E-state index contributed by atoms with van der Waals surface area (Å²) in [4.78, 5) is 13.0. The van der Waals surface area contributed by atoms with Crippen LogP contribution in [0, 0.1) is 0 Å². The third kappa shape index (κ3) is 4.39. The van der Waals surface area contributed by atoms with Crippen LogP contribution in [0.5, 0.6) is 0 Å². The first kappa shape index (κ1) is 13.3. The van der Waals surface area contributed by atoms with Crippen LogP contribution in [0.25, 0.3) is 0 Å². The number of ether oxygens (including phenoxy) is 1. The van der Waals surface area contributed by atoms with Gasteiger partial charge in [-0.2, -0.15) is 0 Å². The van der Waals surface area contributed by atoms with E-state index in [2.05, 4.69) is 6.92 Å². The Hall–Kier alpha value is -0.770. The predicted octanol–water partition coefficient (Wildman–Crippen LogP) is 2.16. The van der Waals surface area contributed by atoms with Crippen LogP contribution in [-0.2, 0) is 4.74 Å². The smallest absolute Gasteiger partial charge is 0.410 e. The highest BCUT2D eigenvalue weighted by atomic mass is 16.6. The van der Waals surface area contributed by atoms with Gasteiger partial charge < -0.3 is 14.7 Å². The first-order valence-electron chi connectivity index (χ1n) is 6.34. The molecule has 1 fully saturated rings. The van der Waals surface area contributed by atoms with E-state index in [0.717, 1.165) is 13.0 Å². The molecule has 1 rings (SSSR count). The first-order valence-corrected chi connectivity index (χ1v) is 6.34. The number of aliphatic hydroxyl groups is 1. The monoisotopic (exact) mass is 229 g/mol. The molecule has 1 heterocycles. The van der Waals surface area contributed by atoms with Crippen molar-refractivity contribution in [1.29, 1.82) is 0 Å². The Morgan fingerprint density at radius 3 is 2.62 bits per heavy atom. The average Bonchev–Trinajstić information content (AvgIpc) is 2.65. The summed E-state index contributed by atoms with van der Waals surface area (Å²) >= 11 is 0. The number of carbonyl (C=O) groups excluding carboxylic acids is 1. The van der Waals surface area contributed by atoms with Crippen molar-refractivity contribution in [2.24, 2.45) is 0 Å². The van der Waals surface area contributed by atoms with Gasteiger partial charge in [-0.05, 0) is 6.42 Å². The molecule has 1 aliphatic heterocycles. The van der Waals surface area contributed by atoms with Crippen LogP contribution in [0.3, 0.4) is 0 Å². The number of nitrogens with zero attached hydrogens (tertiary/aromatic N) is 1. The van der Waals surface area contributed by atoms with E-state index in [-0.39, 0.29) is 18.8 Å². The molecule has 0 radical (unpaired) electrons. The molecule has 4 nitrogen and oxygen atoms in total. The summed E-state index contributed by atoms with van der Waals surface area (Å²) in [6, 6.07) is 0. The van der Waals surface area contributed by atoms with Gasteiger partial charge in [0.1, 0.15) is 6.10 Å². The molecule has 1 aliphatic rings. The maximum absolute atomic E-state index is 11.3. The number of amides is 1. The lowest BCUT2D eigenvalue weighted by Crippen LogP contribution is -2.26. The maximum atomic E-state index is 11.3. The SMILES string of the molecule is CCCCCCCCN1CC(CO)OC1=O. The van der Waals surface area contributed by atoms with Crippen LogP contribution >= 0.6 is 0 Å². The number of carbonyl (C=O) groups is 1. The minimum atomic E-state index is -0.312. The van der Waals surface area contributed by atoms with Crippen LogP contribution in [-0.4, -0.2) is 41.9 Å². The van der Waals surface area contributed by atoms with Gasteiger partial charge in [0, 0.05) is 6.54 Å². The summed E-state index contributed by atoms with van der Waals surface area (Å²) in [6.07, 6.45) is 6.74. The van der Waals surface area contributed by atoms with Gasteiger partial charge in [0.25, 0.3) is 0 Å². The number of rotatable bonds is 8. The van der Waals surface area contributed by atoms with Gasteiger partial charge in [-0.1, -0.05) is 39.0 Å². The van der Waals surface area contributed by atoms with E-state index in [0.29, 0.717) is 6.54 Å². The van der Waals surface area contributed by atoms with Gasteiger partial charge in [-0.25, -0.2) is 4.79 Å². The zero-order valence-electron chi connectivity index (χ0n) is 10.2. The Kier molecular flexibility index (Phi) is 6.23. The lowest BCUT2D eigenvalue weighted by atomic mass is 10.1. The van der Waals surface area contributed by atoms with Gasteiger partial charge in [0.05, 0.1) is 13.2 Å². The number of hydrogen-bond donors (Lipinski definition) is 1. The van der Waals surface area contributed by atoms with E-state index in [1.165, 1.54) is 32.1 Å². The molecule has 0 spiro atoms. The van der Waals surface area contributed by atoms with Crippen molar-refractivity contribution in [3.05, 3.63) is 0 Å². The standard InChI is InChI=1S/C12H23NO3/c1-2-3-4-5-6-7-8-13-9-11(10-14)16-12(13)15/h11,14H,2-10H2,1H3. The number of hydrogen-bond acceptors (Lipinski definition) is 3. The Balaban J connectivity index is 2.03. The third-order valence-corrected chi connectivity index (χ3v) is 2.93. The zero-order chi connectivity index (χ0) is 11.8. The van der Waals surface area contributed by atoms with E-state index in [1.54, 1.807) is 4.90 Å². The second kappa shape index (κ2) is 7.49. The second-order valence-corrected chi connectivity index (χ2v) is 4.40. The molecule has 0 aromatic carbocycles. The molecule has 0 aromatic rings. The molecular formula is C12H23NO3. The largest absolute Gasteiger partial charge is 0.442 e. The third-order valence-electron chi connectivity index (χ3n) is 2.93. The highest BCUT2D eigenvalue weighted by Crippen LogP contribution is 2.12. The minimum Gasteiger partial charge on any atom is -0.442 e. The lowest BCUT2D eigenvalue weighted by Gasteiger charge is -2.11. The molecule has 0 aromatic heterocycles. The molecule has 0 bridgehead atoms. The molecular weight excluding hydrogens is 206 g/mol. The van der Waals surface area contributed by atoms with Crippen molar-refractivity contribution in [2.45, 2.75) is 51.6 Å². The van der Waals surface area contributed by atoms with Crippen molar-refractivity contribution in [2.75, 3.05) is 19.7 Å². The van der Waals surface area contributed by atoms with Gasteiger partial charge in [-0.15, -0.1) is 0 Å². The zero-order valence-corrected chi connectivity index (χ0v) is 10.2. The number of unbranched alkanes of at least 4 members (excludes halogenated alkanes) is 5. The van der Waals surface area contributed by atoms with Crippen LogP contribution in [0.2, 0.25) is 0 Å². The van der Waals surface area contributed by atoms with E-state index < -0.39 is 0 Å². The van der Waals surface area contributed by atoms with E-state index in [9.17, 15) is 4.79 Å². The second-order valence-electron chi connectivity index (χ2n) is 4.40. The molecule has 1 N–H and O–H groups in total. The van der Waals surface area contributed by atoms with Crippen LogP contribution < -0.4 is 0 Å². The van der Waals surface area contributed by atoms with E-state index in [4.69, 9.17) is 9.84 Å². The van der Waals surface area contributed by atoms with Crippen LogP contribution in [0.1, 0.15) is 45.4 Å². The normalized spacial score (nSPS) is 20.2. The quantitative estimate of drug-likeness (QED) is 0.649. The number of aliphatic hydroxyl groups excluding tert-OH is 1. The summed E-state index contributed by atoms with van der Waals surface area (Å²) < 4.78 is 4.96. The van der Waals surface area contributed by atoms with Crippen LogP contribution in [0.4, 0.5) is 4.79 Å². The van der Waals surface area contributed by atoms with Crippen molar-refractivity contribution < 1.29 is 14.6 Å². The Morgan fingerprint density at radius 1 is 1.31 bits per heavy atom. The molecule has 4 heteroatoms. The fourth-order valence-corrected chi connectivity index (χ4v) is 1.94. The summed E-state index contributed by atoms with van der Waals surface area (Å²) in [7, 11) is 0. The van der Waals surface area contributed by atoms with E-state index in [1.807, 2.05) is 0 Å². The van der Waals surface area contributed by atoms with Gasteiger partial charge in [-0.3, -0.25) is 0 Å². The topological polar surface area (TPSA) is 49.8 Å². The van der Waals surface area contributed by atoms with Crippen molar-refractivity contribution in [3.8, 4) is 0 Å². The average molecular weight is 229 g/mol. The fraction of sp³-hybridized carbons (Fsp3) is 0.917. The molecule has 94 valence electrons. The summed E-state index contributed by atoms with van der Waals surface area (Å²) in [5, 5.41) is 8.87. The Bertz CT molecular complexity index is 208. The molecule has 1 unspecified atom stereocenters. The molecule has 1 atom stereocenters. The molecule has 1 amide bonds. The van der Waals surface area contributed by atoms with Gasteiger partial charge >= 0.3 is 6.09 Å². The fourth-order valence-electron chi connectivity index (χ4n) is 1.94. The van der Waals surface area contributed by atoms with Crippen molar-refractivity contribution in [3.63, 3.8) is 0 Å². The van der Waals surface area contributed by atoms with Crippen molar-refractivity contribution in [1.82, 2.24) is 4.90 Å². The Labute approximate surface area is 97.6 Å². The molecule has 16 heavy (non-hydrogen) atoms. The first-order chi connectivity index (χ1) is 7.77. The lowest BCUT2D eigenvalue weighted by molar-refractivity contribution is 0.0947. The Morgan fingerprint density at radius 2 is 2.00 bits per heavy atom. The summed E-state index contributed by atoms with van der Waals surface area (Å²) in [5.74, 6) is 0. The highest BCUT2D eigenvalue weighted by Gasteiger charge is 2.29. The van der Waals surface area contributed by atoms with Crippen LogP contribution in [0.15, 0.2) is 0 Å². The van der Waals surface area contributed by atoms with Crippen molar-refractivity contribution >= 4 is 6.09 Å². The molecule has 1 saturated heterocycles. The maximum Gasteiger partial charge on any atom is 0.410 e. The van der Waals surface area contributed by atoms with Gasteiger partial charge in [0.2, 0.25) is 0 Å². The minimum absolute atomic E-state index is 0.0707. The summed E-state index contributed by atoms with van der Waals surface area (Å²) in [6.45, 7) is 3.44. The molecule has 0 aliphatic carbocycles. The number of cyclic esters (lactones) is 1.